The van der Waals surface area contributed by atoms with Crippen molar-refractivity contribution in [2.24, 2.45) is 0 Å². The summed E-state index contributed by atoms with van der Waals surface area (Å²) >= 11 is 0. The molecule has 4 rings (SSSR count). The number of benzene rings is 2. The van der Waals surface area contributed by atoms with E-state index in [4.69, 9.17) is 9.47 Å². The third kappa shape index (κ3) is 4.50. The van der Waals surface area contributed by atoms with Crippen LogP contribution in [0.15, 0.2) is 54.7 Å². The number of rotatable bonds is 6. The van der Waals surface area contributed by atoms with Crippen LogP contribution < -0.4 is 0 Å². The molecule has 1 aromatic heterocycles. The molecule has 1 aliphatic rings. The lowest BCUT2D eigenvalue weighted by molar-refractivity contribution is -0.149. The van der Waals surface area contributed by atoms with Crippen molar-refractivity contribution < 1.29 is 18.7 Å². The molecule has 6 heteroatoms. The van der Waals surface area contributed by atoms with Crippen LogP contribution >= 0.6 is 0 Å². The smallest absolute Gasteiger partial charge is 0.233 e. The highest BCUT2D eigenvalue weighted by Crippen LogP contribution is 2.30. The van der Waals surface area contributed by atoms with Gasteiger partial charge in [0, 0.05) is 30.2 Å². The van der Waals surface area contributed by atoms with Crippen LogP contribution in [-0.4, -0.2) is 40.8 Å². The Kier molecular flexibility index (Phi) is 5.62. The number of hydrogen-bond acceptors (Lipinski definition) is 3. The molecule has 31 heavy (non-hydrogen) atoms. The van der Waals surface area contributed by atoms with Gasteiger partial charge in [-0.1, -0.05) is 30.3 Å². The van der Waals surface area contributed by atoms with Crippen molar-refractivity contribution in [3.8, 4) is 0 Å². The Morgan fingerprint density at radius 1 is 1.23 bits per heavy atom. The van der Waals surface area contributed by atoms with Crippen molar-refractivity contribution in [2.75, 3.05) is 13.2 Å². The molecule has 2 heterocycles. The minimum atomic E-state index is -0.729. The normalized spacial score (nSPS) is 18.4. The highest BCUT2D eigenvalue weighted by atomic mass is 19.1. The predicted octanol–water partition coefficient (Wildman–Crippen LogP) is 4.76. The maximum Gasteiger partial charge on any atom is 0.233 e. The zero-order valence-corrected chi connectivity index (χ0v) is 18.4. The van der Waals surface area contributed by atoms with Crippen molar-refractivity contribution in [1.29, 1.82) is 0 Å². The number of amides is 1. The molecule has 5 nitrogen and oxygen atoms in total. The molecule has 1 aliphatic heterocycles. The molecule has 164 valence electrons. The van der Waals surface area contributed by atoms with E-state index in [9.17, 15) is 9.18 Å². The fourth-order valence-electron chi connectivity index (χ4n) is 4.18. The van der Waals surface area contributed by atoms with Gasteiger partial charge in [-0.25, -0.2) is 4.39 Å². The largest absolute Gasteiger partial charge is 0.361 e. The molecule has 0 aliphatic carbocycles. The summed E-state index contributed by atoms with van der Waals surface area (Å²) in [5.41, 5.74) is 1.92. The molecule has 3 aromatic rings. The van der Waals surface area contributed by atoms with Crippen LogP contribution in [0.2, 0.25) is 0 Å². The van der Waals surface area contributed by atoms with Gasteiger partial charge in [0.1, 0.15) is 11.9 Å². The summed E-state index contributed by atoms with van der Waals surface area (Å²) in [4.78, 5) is 18.8. The monoisotopic (exact) mass is 424 g/mol. The van der Waals surface area contributed by atoms with Crippen LogP contribution in [0.1, 0.15) is 38.8 Å². The fraction of sp³-hybridized carbons (Fsp3) is 0.400. The first-order valence-corrected chi connectivity index (χ1v) is 10.6. The zero-order chi connectivity index (χ0) is 22.2. The van der Waals surface area contributed by atoms with Gasteiger partial charge in [-0.3, -0.25) is 4.79 Å². The van der Waals surface area contributed by atoms with Gasteiger partial charge in [0.05, 0.1) is 12.0 Å². The van der Waals surface area contributed by atoms with Crippen LogP contribution in [0, 0.1) is 5.82 Å². The number of nitrogens with one attached hydrogen (secondary N) is 1. The van der Waals surface area contributed by atoms with Gasteiger partial charge in [0.2, 0.25) is 5.91 Å². The summed E-state index contributed by atoms with van der Waals surface area (Å²) in [5, 5.41) is 0.777. The van der Waals surface area contributed by atoms with Gasteiger partial charge >= 0.3 is 0 Å². The zero-order valence-electron chi connectivity index (χ0n) is 18.4. The lowest BCUT2D eigenvalue weighted by Gasteiger charge is -2.33. The Hall–Kier alpha value is -2.70. The topological polar surface area (TPSA) is 54.6 Å². The molecular formula is C25H29FN2O3. The lowest BCUT2D eigenvalue weighted by Crippen LogP contribution is -2.46. The Morgan fingerprint density at radius 2 is 1.97 bits per heavy atom. The van der Waals surface area contributed by atoms with E-state index in [0.717, 1.165) is 22.0 Å². The van der Waals surface area contributed by atoms with E-state index in [1.165, 1.54) is 12.1 Å². The lowest BCUT2D eigenvalue weighted by atomic mass is 9.83. The first kappa shape index (κ1) is 21.5. The number of ether oxygens (including phenoxy) is 2. The van der Waals surface area contributed by atoms with Crippen LogP contribution in [0.25, 0.3) is 10.9 Å². The average Bonchev–Trinajstić information content (AvgIpc) is 3.29. The minimum absolute atomic E-state index is 0.0160. The number of hydrogen-bond donors (Lipinski definition) is 1. The van der Waals surface area contributed by atoms with E-state index in [-0.39, 0.29) is 17.8 Å². The van der Waals surface area contributed by atoms with Gasteiger partial charge < -0.3 is 19.4 Å². The maximum atomic E-state index is 13.9. The molecule has 1 atom stereocenters. The second-order valence-corrected chi connectivity index (χ2v) is 9.13. The number of carbonyl (C=O) groups is 1. The minimum Gasteiger partial charge on any atom is -0.361 e. The predicted molar refractivity (Wildman–Crippen MR) is 118 cm³/mol. The Labute approximate surface area is 182 Å². The van der Waals surface area contributed by atoms with E-state index >= 15 is 0 Å². The molecule has 1 unspecified atom stereocenters. The standard InChI is InChI=1S/C25H29FN2O3/c1-24(2,18-8-6-5-7-9-18)23(29)28(15-20-16-30-25(3,4)31-20)14-17-13-27-22-11-10-19(26)12-21(17)22/h5-13,20,27H,14-16H2,1-4H3. The highest BCUT2D eigenvalue weighted by molar-refractivity contribution is 5.88. The van der Waals surface area contributed by atoms with Gasteiger partial charge in [-0.05, 0) is 57.0 Å². The van der Waals surface area contributed by atoms with E-state index in [1.54, 1.807) is 11.0 Å². The van der Waals surface area contributed by atoms with Crippen LogP contribution in [0.5, 0.6) is 0 Å². The average molecular weight is 425 g/mol. The molecule has 1 amide bonds. The number of aromatic amines is 1. The summed E-state index contributed by atoms with van der Waals surface area (Å²) in [6.45, 7) is 8.76. The van der Waals surface area contributed by atoms with E-state index in [2.05, 4.69) is 4.98 Å². The summed E-state index contributed by atoms with van der Waals surface area (Å²) < 4.78 is 25.6. The molecule has 0 spiro atoms. The fourth-order valence-corrected chi connectivity index (χ4v) is 4.18. The van der Waals surface area contributed by atoms with Crippen molar-refractivity contribution in [3.63, 3.8) is 0 Å². The Balaban J connectivity index is 1.65. The second kappa shape index (κ2) is 8.09. The molecule has 2 aromatic carbocycles. The summed E-state index contributed by atoms with van der Waals surface area (Å²) in [5.74, 6) is -0.985. The number of carbonyl (C=O) groups excluding carboxylic acids is 1. The van der Waals surface area contributed by atoms with Gasteiger partial charge in [-0.15, -0.1) is 0 Å². The molecule has 0 bridgehead atoms. The first-order valence-electron chi connectivity index (χ1n) is 10.6. The summed E-state index contributed by atoms with van der Waals surface area (Å²) in [6, 6.07) is 14.4. The molecule has 1 saturated heterocycles. The molecule has 1 fully saturated rings. The highest BCUT2D eigenvalue weighted by Gasteiger charge is 2.38. The van der Waals surface area contributed by atoms with Gasteiger partial charge in [0.25, 0.3) is 0 Å². The number of aromatic nitrogens is 1. The molecule has 0 radical (unpaired) electrons. The van der Waals surface area contributed by atoms with E-state index in [1.807, 2.05) is 64.2 Å². The Morgan fingerprint density at radius 3 is 2.65 bits per heavy atom. The quantitative estimate of drug-likeness (QED) is 0.620. The number of fused-ring (bicyclic) bond motifs is 1. The van der Waals surface area contributed by atoms with E-state index in [0.29, 0.717) is 19.7 Å². The number of halogens is 1. The second-order valence-electron chi connectivity index (χ2n) is 9.13. The van der Waals surface area contributed by atoms with Crippen LogP contribution in [-0.2, 0) is 26.2 Å². The molecular weight excluding hydrogens is 395 g/mol. The van der Waals surface area contributed by atoms with Crippen molar-refractivity contribution in [2.45, 2.75) is 51.5 Å². The number of H-pyrrole nitrogens is 1. The SMILES string of the molecule is CC1(C)OCC(CN(Cc2c[nH]c3ccc(F)cc23)C(=O)C(C)(C)c2ccccc2)O1. The van der Waals surface area contributed by atoms with Crippen molar-refractivity contribution >= 4 is 16.8 Å². The molecule has 0 saturated carbocycles. The third-order valence-corrected chi connectivity index (χ3v) is 5.90. The maximum absolute atomic E-state index is 13.9. The summed E-state index contributed by atoms with van der Waals surface area (Å²) in [7, 11) is 0. The van der Waals surface area contributed by atoms with Crippen molar-refractivity contribution in [3.05, 3.63) is 71.7 Å². The van der Waals surface area contributed by atoms with Gasteiger partial charge in [0.15, 0.2) is 5.79 Å². The number of nitrogens with zero attached hydrogens (tertiary/aromatic N) is 1. The first-order chi connectivity index (χ1) is 14.7. The van der Waals surface area contributed by atoms with E-state index < -0.39 is 11.2 Å². The molecule has 1 N–H and O–H groups in total. The van der Waals surface area contributed by atoms with Crippen LogP contribution in [0.4, 0.5) is 4.39 Å². The Bertz CT molecular complexity index is 1070. The summed E-state index contributed by atoms with van der Waals surface area (Å²) in [6.07, 6.45) is 1.61. The van der Waals surface area contributed by atoms with Crippen molar-refractivity contribution in [1.82, 2.24) is 9.88 Å². The third-order valence-electron chi connectivity index (χ3n) is 5.90. The van der Waals surface area contributed by atoms with Gasteiger partial charge in [-0.2, -0.15) is 0 Å². The van der Waals surface area contributed by atoms with Crippen LogP contribution in [0.3, 0.4) is 0 Å².